The van der Waals surface area contributed by atoms with E-state index < -0.39 is 7.26 Å². The van der Waals surface area contributed by atoms with Crippen LogP contribution in [-0.4, -0.2) is 102 Å². The quantitative estimate of drug-likeness (QED) is 0.0202. The summed E-state index contributed by atoms with van der Waals surface area (Å²) in [7, 11) is -1.97. The molecule has 3 heterocycles. The summed E-state index contributed by atoms with van der Waals surface area (Å²) in [5.74, 6) is -1.21. The van der Waals surface area contributed by atoms with Gasteiger partial charge in [-0.1, -0.05) is 282 Å². The van der Waals surface area contributed by atoms with Gasteiger partial charge in [-0.05, 0) is 238 Å². The molecule has 6 N–H and O–H groups in total. The van der Waals surface area contributed by atoms with E-state index in [1.165, 1.54) is 36.2 Å². The number of hydrogen-bond donors (Lipinski definition) is 3. The van der Waals surface area contributed by atoms with E-state index in [-0.39, 0.29) is 52.4 Å². The number of rotatable bonds is 26. The molecule has 0 bridgehead atoms. The number of halogens is 7. The van der Waals surface area contributed by atoms with E-state index in [4.69, 9.17) is 86.8 Å². The summed E-state index contributed by atoms with van der Waals surface area (Å²) in [6.45, 7) is 3.34. The number of nitrogens with two attached hydrogens (primary N) is 3. The van der Waals surface area contributed by atoms with Crippen molar-refractivity contribution < 1.29 is 50.5 Å². The molecule has 12 aromatic rings. The lowest BCUT2D eigenvalue weighted by atomic mass is 10.1. The van der Waals surface area contributed by atoms with Crippen molar-refractivity contribution in [3.63, 3.8) is 0 Å². The molecule has 0 saturated heterocycles. The maximum absolute atomic E-state index is 12.9. The van der Waals surface area contributed by atoms with Crippen LogP contribution in [0.3, 0.4) is 0 Å². The Bertz CT molecular complexity index is 5200. The summed E-state index contributed by atoms with van der Waals surface area (Å²) in [6, 6.07) is 98.3. The summed E-state index contributed by atoms with van der Waals surface area (Å²) < 4.78 is 0. The lowest BCUT2D eigenvalue weighted by molar-refractivity contribution is -0.0000930. The second kappa shape index (κ2) is 52.6. The first-order valence-electron chi connectivity index (χ1n) is 40.0. The van der Waals surface area contributed by atoms with Gasteiger partial charge in [0.1, 0.15) is 29.5 Å². The van der Waals surface area contributed by atoms with Crippen LogP contribution in [0.2, 0.25) is 30.1 Å². The molecule has 123 heavy (non-hydrogen) atoms. The summed E-state index contributed by atoms with van der Waals surface area (Å²) in [5, 5.41) is 8.25. The zero-order valence-electron chi connectivity index (χ0n) is 67.8. The molecule has 0 unspecified atom stereocenters. The summed E-state index contributed by atoms with van der Waals surface area (Å²) in [4.78, 5) is 88.6. The molecule has 3 aliphatic rings. The topological polar surface area (TPSA) is 207 Å². The third-order valence-corrected chi connectivity index (χ3v) is 25.2. The zero-order chi connectivity index (χ0) is 86.9. The monoisotopic (exact) mass is 1840 g/mol. The second-order valence-electron chi connectivity index (χ2n) is 27.9. The Kier molecular flexibility index (Phi) is 41.8. The molecular weight excluding hydrogens is 1740 g/mol. The van der Waals surface area contributed by atoms with Crippen molar-refractivity contribution in [2.75, 3.05) is 45.4 Å². The number of nitrogens with zero attached hydrogens (tertiary/aromatic N) is 3. The van der Waals surface area contributed by atoms with Gasteiger partial charge in [0.25, 0.3) is 35.4 Å². The number of fused-ring (bicyclic) bond motifs is 3. The highest BCUT2D eigenvalue weighted by Gasteiger charge is 2.46. The van der Waals surface area contributed by atoms with E-state index in [1.807, 2.05) is 194 Å². The lowest BCUT2D eigenvalue weighted by Gasteiger charge is -2.28. The smallest absolute Gasteiger partial charge is 0.261 e. The van der Waals surface area contributed by atoms with Gasteiger partial charge in [-0.3, -0.25) is 48.3 Å². The normalized spacial score (nSPS) is 12.3. The Balaban J connectivity index is 0.000000186. The number of aryl methyl sites for hydroxylation is 1. The lowest BCUT2D eigenvalue weighted by Crippen LogP contribution is -3.00. The van der Waals surface area contributed by atoms with Crippen LogP contribution in [0.5, 0.6) is 0 Å². The van der Waals surface area contributed by atoms with Crippen LogP contribution in [0.25, 0.3) is 24.3 Å². The molecule has 15 rings (SSSR count). The molecule has 0 spiro atoms. The van der Waals surface area contributed by atoms with Gasteiger partial charge in [0.05, 0.1) is 39.5 Å². The van der Waals surface area contributed by atoms with Crippen molar-refractivity contribution in [1.82, 2.24) is 14.7 Å². The first-order valence-corrected chi connectivity index (χ1v) is 44.2. The SMILES string of the molecule is NCC/C=C/c1cccc(Cl)c1.NCC/C=C\c1cccc(Cl)c1.NCCCCc1cccc(Cl)c1.O=C1c2ccccc2C(=O)N1CC/C=C/c1cccc(Cl)c1.O=C1c2ccccc2C(=O)N1CC/C=C\c1cccc(Cl)c1.O=C1c2ccccc2C(=O)N1CCC[P+](c1ccccc1)(c1ccccc1)c1ccccc1.O=Cc1cccc(Cl)c1.[Br-]. The standard InChI is InChI=1S/C29H25NO2P.2C18H14ClNO2.C10H14ClN.2C10H12ClN.C7H5ClO.BrH/c31-28-26-19-10-11-20-27(26)29(32)30(28)21-12-22-33(23-13-4-1-5-14-23,24-15-6-2-7-16-24)25-17-8-3-9-18-25;2*19-14-8-5-7-13(12-14)6-3-4-11-20-17(21)15-9-1-2-10-16(15)18(20)22;3*11-10-6-3-5-9(8-10)4-1-2-7-12;8-7-3-1-2-6(4-7)5-9;/h1-11,13-20H,12,21-22H2;2*1-3,5-10,12H,4,11H2;3,5-6,8H,1-2,4,7,12H2;2*1,3-6,8H,2,7,12H2;1-5H;1H/q+1;;;;;;;/p-1/b;6-3+;6-3-;;4-1+;4-1-;;. The molecule has 0 saturated carbocycles. The van der Waals surface area contributed by atoms with Crippen LogP contribution in [0, 0.1) is 0 Å². The van der Waals surface area contributed by atoms with Crippen molar-refractivity contribution >= 4 is 159 Å². The van der Waals surface area contributed by atoms with E-state index in [0.717, 1.165) is 94.8 Å². The van der Waals surface area contributed by atoms with Crippen molar-refractivity contribution in [2.45, 2.75) is 51.4 Å². The van der Waals surface area contributed by atoms with Gasteiger partial charge in [-0.2, -0.15) is 0 Å². The van der Waals surface area contributed by atoms with Crippen LogP contribution in [0.15, 0.2) is 334 Å². The Hall–Kier alpha value is -10.8. The van der Waals surface area contributed by atoms with Crippen LogP contribution in [-0.2, 0) is 6.42 Å². The molecular formula is C102H96BrCl6N6O7P. The number of carbonyl (C=O) groups is 7. The van der Waals surface area contributed by atoms with E-state index >= 15 is 0 Å². The van der Waals surface area contributed by atoms with Crippen LogP contribution < -0.4 is 50.1 Å². The number of amides is 6. The van der Waals surface area contributed by atoms with Crippen molar-refractivity contribution in [3.8, 4) is 0 Å². The highest BCUT2D eigenvalue weighted by molar-refractivity contribution is 7.95. The average Bonchev–Trinajstić information content (AvgIpc) is 1.69. The summed E-state index contributed by atoms with van der Waals surface area (Å²) >= 11 is 34.8. The summed E-state index contributed by atoms with van der Waals surface area (Å²) in [5.41, 5.74) is 25.2. The maximum Gasteiger partial charge on any atom is 0.261 e. The number of imide groups is 3. The zero-order valence-corrected chi connectivity index (χ0v) is 74.8. The average molecular weight is 1840 g/mol. The third kappa shape index (κ3) is 30.0. The van der Waals surface area contributed by atoms with Crippen molar-refractivity contribution in [3.05, 3.63) is 431 Å². The predicted octanol–water partition coefficient (Wildman–Crippen LogP) is 19.9. The van der Waals surface area contributed by atoms with Gasteiger partial charge in [0, 0.05) is 61.8 Å². The number of carbonyl (C=O) groups excluding carboxylic acids is 7. The first kappa shape index (κ1) is 97.7. The Labute approximate surface area is 762 Å². The van der Waals surface area contributed by atoms with E-state index in [1.54, 1.807) is 84.9 Å². The minimum absolute atomic E-state index is 0. The highest BCUT2D eigenvalue weighted by atomic mass is 79.9. The molecule has 0 fully saturated rings. The van der Waals surface area contributed by atoms with Crippen molar-refractivity contribution in [1.29, 1.82) is 0 Å². The van der Waals surface area contributed by atoms with Crippen LogP contribution in [0.1, 0.15) is 145 Å². The molecule has 0 radical (unpaired) electrons. The first-order chi connectivity index (χ1) is 59.3. The van der Waals surface area contributed by atoms with E-state index in [9.17, 15) is 33.6 Å². The van der Waals surface area contributed by atoms with Gasteiger partial charge in [-0.15, -0.1) is 0 Å². The van der Waals surface area contributed by atoms with E-state index in [0.29, 0.717) is 99.6 Å². The highest BCUT2D eigenvalue weighted by Crippen LogP contribution is 2.56. The number of unbranched alkanes of at least 4 members (excludes halogenated alkanes) is 1. The number of aldehydes is 1. The predicted molar refractivity (Wildman–Crippen MR) is 509 cm³/mol. The Morgan fingerprint density at radius 2 is 0.545 bits per heavy atom. The number of hydrogen-bond acceptors (Lipinski definition) is 10. The van der Waals surface area contributed by atoms with Gasteiger partial charge in [-0.25, -0.2) is 0 Å². The molecule has 13 nitrogen and oxygen atoms in total. The molecule has 6 amide bonds. The summed E-state index contributed by atoms with van der Waals surface area (Å²) in [6.07, 6.45) is 24.6. The fraction of sp³-hybridized carbons (Fsp3) is 0.147. The van der Waals surface area contributed by atoms with E-state index in [2.05, 4.69) is 78.9 Å². The van der Waals surface area contributed by atoms with Gasteiger partial charge < -0.3 is 34.2 Å². The Morgan fingerprint density at radius 3 is 0.821 bits per heavy atom. The minimum Gasteiger partial charge on any atom is -1.00 e. The molecule has 0 atom stereocenters. The fourth-order valence-electron chi connectivity index (χ4n) is 13.3. The van der Waals surface area contributed by atoms with Gasteiger partial charge >= 0.3 is 0 Å². The number of benzene rings is 12. The fourth-order valence-corrected chi connectivity index (χ4v) is 18.9. The van der Waals surface area contributed by atoms with Gasteiger partial charge in [0.2, 0.25) is 0 Å². The molecule has 3 aliphatic heterocycles. The van der Waals surface area contributed by atoms with Crippen LogP contribution in [0.4, 0.5) is 0 Å². The molecule has 21 heteroatoms. The molecule has 0 aromatic heterocycles. The minimum atomic E-state index is -1.97. The molecule has 630 valence electrons. The third-order valence-electron chi connectivity index (χ3n) is 19.2. The second-order valence-corrected chi connectivity index (χ2v) is 34.2. The Morgan fingerprint density at radius 1 is 0.276 bits per heavy atom. The van der Waals surface area contributed by atoms with Crippen molar-refractivity contribution in [2.24, 2.45) is 17.2 Å². The van der Waals surface area contributed by atoms with Gasteiger partial charge in [0.15, 0.2) is 0 Å². The molecule has 0 aliphatic carbocycles. The molecule has 12 aromatic carbocycles. The largest absolute Gasteiger partial charge is 1.00 e. The van der Waals surface area contributed by atoms with Crippen LogP contribution >= 0.6 is 76.9 Å². The maximum atomic E-state index is 12.9.